The fourth-order valence-electron chi connectivity index (χ4n) is 2.52. The van der Waals surface area contributed by atoms with Gasteiger partial charge in [-0.25, -0.2) is 0 Å². The molecule has 2 aromatic carbocycles. The molecule has 7 heteroatoms. The fraction of sp³-hybridized carbons (Fsp3) is 0.333. The average molecular weight is 439 g/mol. The average Bonchev–Trinajstić information content (AvgIpc) is 2.70. The van der Waals surface area contributed by atoms with Crippen LogP contribution in [0.15, 0.2) is 53.4 Å². The van der Waals surface area contributed by atoms with Crippen molar-refractivity contribution in [2.45, 2.75) is 37.8 Å². The normalized spacial score (nSPS) is 11.7. The Labute approximate surface area is 180 Å². The van der Waals surface area contributed by atoms with Gasteiger partial charge in [0, 0.05) is 28.0 Å². The summed E-state index contributed by atoms with van der Waals surface area (Å²) in [6.45, 7) is 4.68. The number of nitrogens with zero attached hydrogens (tertiary/aromatic N) is 1. The number of amides is 2. The lowest BCUT2D eigenvalue weighted by Crippen LogP contribution is -2.48. The van der Waals surface area contributed by atoms with Gasteiger partial charge in [0.2, 0.25) is 11.8 Å². The van der Waals surface area contributed by atoms with E-state index in [1.54, 1.807) is 36.1 Å². The molecule has 0 aliphatic heterocycles. The Morgan fingerprint density at radius 1 is 1.04 bits per heavy atom. The van der Waals surface area contributed by atoms with Crippen LogP contribution in [0.3, 0.4) is 0 Å². The molecule has 2 rings (SSSR count). The molecule has 1 unspecified atom stereocenters. The molecule has 1 N–H and O–H groups in total. The van der Waals surface area contributed by atoms with Gasteiger partial charge in [0.1, 0.15) is 6.04 Å². The smallest absolute Gasteiger partial charge is 0.242 e. The van der Waals surface area contributed by atoms with E-state index in [-0.39, 0.29) is 17.6 Å². The molecule has 0 saturated heterocycles. The maximum atomic E-state index is 12.9. The summed E-state index contributed by atoms with van der Waals surface area (Å²) in [7, 11) is 0. The second-order valence-corrected chi connectivity index (χ2v) is 8.28. The van der Waals surface area contributed by atoms with E-state index < -0.39 is 6.04 Å². The number of nitrogens with one attached hydrogen (secondary N) is 1. The predicted octanol–water partition coefficient (Wildman–Crippen LogP) is 5.03. The molecule has 0 aliphatic rings. The largest absolute Gasteiger partial charge is 0.354 e. The number of carbonyl (C=O) groups excluding carboxylic acids is 2. The first kappa shape index (κ1) is 22.6. The van der Waals surface area contributed by atoms with Gasteiger partial charge in [-0.15, -0.1) is 11.8 Å². The van der Waals surface area contributed by atoms with Crippen LogP contribution in [0.2, 0.25) is 10.0 Å². The highest BCUT2D eigenvalue weighted by molar-refractivity contribution is 8.00. The summed E-state index contributed by atoms with van der Waals surface area (Å²) in [4.78, 5) is 28.0. The van der Waals surface area contributed by atoms with Crippen molar-refractivity contribution in [3.63, 3.8) is 0 Å². The number of hydrogen-bond acceptors (Lipinski definition) is 3. The Hall–Kier alpha value is -1.69. The minimum atomic E-state index is -0.569. The van der Waals surface area contributed by atoms with Crippen molar-refractivity contribution in [3.8, 4) is 0 Å². The quantitative estimate of drug-likeness (QED) is 0.558. The Balaban J connectivity index is 2.10. The molecular weight excluding hydrogens is 415 g/mol. The number of hydrogen-bond donors (Lipinski definition) is 1. The van der Waals surface area contributed by atoms with Crippen LogP contribution in [-0.2, 0) is 16.1 Å². The van der Waals surface area contributed by atoms with E-state index in [1.165, 1.54) is 11.8 Å². The zero-order valence-corrected chi connectivity index (χ0v) is 18.3. The molecule has 0 fully saturated rings. The topological polar surface area (TPSA) is 49.4 Å². The summed E-state index contributed by atoms with van der Waals surface area (Å²) in [5.74, 6) is -0.0182. The van der Waals surface area contributed by atoms with Crippen molar-refractivity contribution in [2.75, 3.05) is 12.3 Å². The lowest BCUT2D eigenvalue weighted by molar-refractivity contribution is -0.138. The van der Waals surface area contributed by atoms with E-state index >= 15 is 0 Å². The monoisotopic (exact) mass is 438 g/mol. The summed E-state index contributed by atoms with van der Waals surface area (Å²) in [6, 6.07) is 14.1. The number of thioether (sulfide) groups is 1. The summed E-state index contributed by atoms with van der Waals surface area (Å²) in [6.07, 6.45) is 0.843. The molecule has 2 aromatic rings. The van der Waals surface area contributed by atoms with E-state index in [2.05, 4.69) is 5.32 Å². The van der Waals surface area contributed by atoms with Crippen LogP contribution in [-0.4, -0.2) is 35.1 Å². The van der Waals surface area contributed by atoms with Crippen LogP contribution in [0.5, 0.6) is 0 Å². The van der Waals surface area contributed by atoms with Crippen molar-refractivity contribution < 1.29 is 9.59 Å². The molecule has 0 radical (unpaired) electrons. The molecule has 0 aromatic heterocycles. The molecule has 0 saturated carbocycles. The van der Waals surface area contributed by atoms with E-state index in [4.69, 9.17) is 23.2 Å². The minimum Gasteiger partial charge on any atom is -0.354 e. The highest BCUT2D eigenvalue weighted by atomic mass is 35.5. The van der Waals surface area contributed by atoms with Gasteiger partial charge in [0.05, 0.1) is 5.75 Å². The van der Waals surface area contributed by atoms with Crippen LogP contribution < -0.4 is 5.32 Å². The number of benzene rings is 2. The van der Waals surface area contributed by atoms with E-state index in [0.717, 1.165) is 16.9 Å². The summed E-state index contributed by atoms with van der Waals surface area (Å²) < 4.78 is 0. The number of halogens is 2. The van der Waals surface area contributed by atoms with Crippen LogP contribution in [0.1, 0.15) is 25.8 Å². The second kappa shape index (κ2) is 11.3. The molecular formula is C21H24Cl2N2O2S. The Morgan fingerprint density at radius 3 is 2.18 bits per heavy atom. The van der Waals surface area contributed by atoms with Crippen LogP contribution in [0, 0.1) is 0 Å². The Morgan fingerprint density at radius 2 is 1.61 bits per heavy atom. The molecule has 0 heterocycles. The SMILES string of the molecule is CCCNC(=O)C(C)N(Cc1ccc(Cl)cc1)C(=O)CSc1ccc(Cl)cc1. The van der Waals surface area contributed by atoms with Crippen molar-refractivity contribution in [2.24, 2.45) is 0 Å². The van der Waals surface area contributed by atoms with Gasteiger partial charge in [-0.1, -0.05) is 42.3 Å². The maximum absolute atomic E-state index is 12.9. The van der Waals surface area contributed by atoms with Gasteiger partial charge >= 0.3 is 0 Å². The lowest BCUT2D eigenvalue weighted by atomic mass is 10.1. The van der Waals surface area contributed by atoms with Crippen LogP contribution >= 0.6 is 35.0 Å². The predicted molar refractivity (Wildman–Crippen MR) is 117 cm³/mol. The third-order valence-electron chi connectivity index (χ3n) is 4.16. The molecule has 2 amide bonds. The van der Waals surface area contributed by atoms with E-state index in [9.17, 15) is 9.59 Å². The molecule has 1 atom stereocenters. The van der Waals surface area contributed by atoms with Crippen LogP contribution in [0.4, 0.5) is 0 Å². The van der Waals surface area contributed by atoms with Gasteiger partial charge < -0.3 is 10.2 Å². The zero-order valence-electron chi connectivity index (χ0n) is 16.0. The third-order valence-corrected chi connectivity index (χ3v) is 5.66. The minimum absolute atomic E-state index is 0.103. The van der Waals surface area contributed by atoms with E-state index in [0.29, 0.717) is 23.1 Å². The van der Waals surface area contributed by atoms with E-state index in [1.807, 2.05) is 31.2 Å². The lowest BCUT2D eigenvalue weighted by Gasteiger charge is -2.28. The summed E-state index contributed by atoms with van der Waals surface area (Å²) in [5, 5.41) is 4.15. The van der Waals surface area contributed by atoms with Gasteiger partial charge in [-0.3, -0.25) is 9.59 Å². The molecule has 4 nitrogen and oxygen atoms in total. The summed E-state index contributed by atoms with van der Waals surface area (Å²) in [5.41, 5.74) is 0.921. The first-order chi connectivity index (χ1) is 13.4. The van der Waals surface area contributed by atoms with Crippen LogP contribution in [0.25, 0.3) is 0 Å². The van der Waals surface area contributed by atoms with Gasteiger partial charge in [-0.05, 0) is 55.3 Å². The molecule has 150 valence electrons. The van der Waals surface area contributed by atoms with Crippen molar-refractivity contribution in [1.29, 1.82) is 0 Å². The van der Waals surface area contributed by atoms with Gasteiger partial charge in [0.25, 0.3) is 0 Å². The molecule has 0 bridgehead atoms. The Bertz CT molecular complexity index is 782. The van der Waals surface area contributed by atoms with Crippen molar-refractivity contribution in [1.82, 2.24) is 10.2 Å². The summed E-state index contributed by atoms with van der Waals surface area (Å²) >= 11 is 13.3. The van der Waals surface area contributed by atoms with Gasteiger partial charge in [-0.2, -0.15) is 0 Å². The first-order valence-electron chi connectivity index (χ1n) is 9.10. The highest BCUT2D eigenvalue weighted by Crippen LogP contribution is 2.22. The Kier molecular flexibility index (Phi) is 9.16. The number of carbonyl (C=O) groups is 2. The van der Waals surface area contributed by atoms with Crippen molar-refractivity contribution >= 4 is 46.8 Å². The number of rotatable bonds is 9. The molecule has 0 spiro atoms. The first-order valence-corrected chi connectivity index (χ1v) is 10.8. The molecule has 0 aliphatic carbocycles. The fourth-order valence-corrected chi connectivity index (χ4v) is 3.56. The second-order valence-electron chi connectivity index (χ2n) is 6.36. The third kappa shape index (κ3) is 7.04. The van der Waals surface area contributed by atoms with Gasteiger partial charge in [0.15, 0.2) is 0 Å². The zero-order chi connectivity index (χ0) is 20.5. The highest BCUT2D eigenvalue weighted by Gasteiger charge is 2.25. The standard InChI is InChI=1S/C21H24Cl2N2O2S/c1-3-12-24-21(27)15(2)25(13-16-4-6-17(22)7-5-16)20(26)14-28-19-10-8-18(23)9-11-19/h4-11,15H,3,12-14H2,1-2H3,(H,24,27). The molecule has 28 heavy (non-hydrogen) atoms. The van der Waals surface area contributed by atoms with Crippen molar-refractivity contribution in [3.05, 3.63) is 64.1 Å². The maximum Gasteiger partial charge on any atom is 0.242 e.